The van der Waals surface area contributed by atoms with Crippen LogP contribution >= 0.6 is 0 Å². The van der Waals surface area contributed by atoms with Crippen LogP contribution in [0.2, 0.25) is 0 Å². The molecule has 3 aromatic rings. The lowest BCUT2D eigenvalue weighted by Gasteiger charge is -2.32. The normalized spacial score (nSPS) is 12.3. The van der Waals surface area contributed by atoms with Crippen LogP contribution in [-0.2, 0) is 26.2 Å². The molecule has 1 atom stereocenters. The Bertz CT molecular complexity index is 1400. The van der Waals surface area contributed by atoms with Gasteiger partial charge in [-0.05, 0) is 81.1 Å². The molecule has 0 saturated heterocycles. The Labute approximate surface area is 237 Å². The fraction of sp³-hybridized carbons (Fsp3) is 0.355. The Kier molecular flexibility index (Phi) is 10.1. The number of sulfonamides is 1. The molecule has 0 aromatic heterocycles. The fourth-order valence-corrected chi connectivity index (χ4v) is 5.58. The van der Waals surface area contributed by atoms with E-state index in [1.54, 1.807) is 31.2 Å². The maximum Gasteiger partial charge on any atom is 0.264 e. The Balaban J connectivity index is 2.04. The zero-order valence-corrected chi connectivity index (χ0v) is 24.7. The smallest absolute Gasteiger partial charge is 0.264 e. The minimum Gasteiger partial charge on any atom is -0.352 e. The number of halogens is 1. The van der Waals surface area contributed by atoms with Gasteiger partial charge in [0.2, 0.25) is 11.8 Å². The third-order valence-corrected chi connectivity index (χ3v) is 8.39. The number of amides is 2. The molecule has 0 heterocycles. The van der Waals surface area contributed by atoms with E-state index in [-0.39, 0.29) is 29.3 Å². The van der Waals surface area contributed by atoms with Crippen molar-refractivity contribution in [3.05, 3.63) is 95.3 Å². The molecule has 0 saturated carbocycles. The van der Waals surface area contributed by atoms with E-state index in [1.165, 1.54) is 41.3 Å². The summed E-state index contributed by atoms with van der Waals surface area (Å²) in [5, 5.41) is 2.81. The molecule has 9 heteroatoms. The lowest BCUT2D eigenvalue weighted by atomic mass is 10.0. The van der Waals surface area contributed by atoms with Crippen molar-refractivity contribution >= 4 is 27.5 Å². The van der Waals surface area contributed by atoms with E-state index in [9.17, 15) is 22.4 Å². The predicted molar refractivity (Wildman–Crippen MR) is 156 cm³/mol. The van der Waals surface area contributed by atoms with Crippen molar-refractivity contribution in [1.82, 2.24) is 10.2 Å². The summed E-state index contributed by atoms with van der Waals surface area (Å²) in [4.78, 5) is 28.2. The zero-order valence-electron chi connectivity index (χ0n) is 23.9. The van der Waals surface area contributed by atoms with Gasteiger partial charge >= 0.3 is 0 Å². The van der Waals surface area contributed by atoms with Gasteiger partial charge in [0.15, 0.2) is 0 Å². The van der Waals surface area contributed by atoms with Gasteiger partial charge in [0.1, 0.15) is 18.4 Å². The van der Waals surface area contributed by atoms with Crippen molar-refractivity contribution in [2.45, 2.75) is 71.0 Å². The SMILES string of the molecule is Cc1ccc(S(=O)(=O)N(CC(=O)N(Cc2ccc(F)cc2)[C@@H](C)C(=O)NC(C)C)c2ccc(C(C)C)cc2)cc1. The number of carbonyl (C=O) groups excluding carboxylic acids is 2. The summed E-state index contributed by atoms with van der Waals surface area (Å²) in [7, 11) is -4.14. The van der Waals surface area contributed by atoms with E-state index in [1.807, 2.05) is 46.8 Å². The highest BCUT2D eigenvalue weighted by molar-refractivity contribution is 7.92. The van der Waals surface area contributed by atoms with Crippen molar-refractivity contribution in [3.8, 4) is 0 Å². The maximum absolute atomic E-state index is 13.9. The predicted octanol–water partition coefficient (Wildman–Crippen LogP) is 5.39. The van der Waals surface area contributed by atoms with E-state index in [2.05, 4.69) is 5.32 Å². The highest BCUT2D eigenvalue weighted by Crippen LogP contribution is 2.27. The first kappa shape index (κ1) is 30.8. The number of nitrogens with zero attached hydrogens (tertiary/aromatic N) is 2. The molecule has 0 bridgehead atoms. The highest BCUT2D eigenvalue weighted by Gasteiger charge is 2.32. The third-order valence-electron chi connectivity index (χ3n) is 6.60. The summed E-state index contributed by atoms with van der Waals surface area (Å²) in [6.07, 6.45) is 0. The van der Waals surface area contributed by atoms with Crippen LogP contribution in [-0.4, -0.2) is 43.8 Å². The zero-order chi connectivity index (χ0) is 29.6. The molecule has 0 aliphatic rings. The molecule has 3 rings (SSSR count). The second kappa shape index (κ2) is 13.1. The lowest BCUT2D eigenvalue weighted by molar-refractivity contribution is -0.139. The van der Waals surface area contributed by atoms with Crippen LogP contribution in [0.3, 0.4) is 0 Å². The molecule has 0 radical (unpaired) electrons. The summed E-state index contributed by atoms with van der Waals surface area (Å²) in [6.45, 7) is 10.6. The first-order valence-electron chi connectivity index (χ1n) is 13.3. The van der Waals surface area contributed by atoms with Crippen molar-refractivity contribution in [1.29, 1.82) is 0 Å². The van der Waals surface area contributed by atoms with Gasteiger partial charge in [-0.2, -0.15) is 0 Å². The van der Waals surface area contributed by atoms with Gasteiger partial charge in [0, 0.05) is 12.6 Å². The van der Waals surface area contributed by atoms with Gasteiger partial charge in [-0.3, -0.25) is 13.9 Å². The van der Waals surface area contributed by atoms with Crippen LogP contribution < -0.4 is 9.62 Å². The molecule has 0 unspecified atom stereocenters. The van der Waals surface area contributed by atoms with Gasteiger partial charge in [-0.15, -0.1) is 0 Å². The molecule has 0 aliphatic carbocycles. The summed E-state index contributed by atoms with van der Waals surface area (Å²) in [5.41, 5.74) is 2.87. The number of hydrogen-bond acceptors (Lipinski definition) is 4. The van der Waals surface area contributed by atoms with Gasteiger partial charge < -0.3 is 10.2 Å². The van der Waals surface area contributed by atoms with Crippen LogP contribution in [0.25, 0.3) is 0 Å². The van der Waals surface area contributed by atoms with Crippen LogP contribution in [0.15, 0.2) is 77.7 Å². The van der Waals surface area contributed by atoms with Crippen LogP contribution in [0.4, 0.5) is 10.1 Å². The number of anilines is 1. The number of hydrogen-bond donors (Lipinski definition) is 1. The highest BCUT2D eigenvalue weighted by atomic mass is 32.2. The minimum atomic E-state index is -4.14. The van der Waals surface area contributed by atoms with Gasteiger partial charge in [-0.1, -0.05) is 55.8 Å². The van der Waals surface area contributed by atoms with E-state index < -0.39 is 34.3 Å². The molecular weight excluding hydrogens is 529 g/mol. The Hall–Kier alpha value is -3.72. The minimum absolute atomic E-state index is 0.00347. The number of carbonyl (C=O) groups is 2. The second-order valence-electron chi connectivity index (χ2n) is 10.6. The fourth-order valence-electron chi connectivity index (χ4n) is 4.17. The molecular formula is C31H38FN3O4S. The molecule has 3 aromatic carbocycles. The van der Waals surface area contributed by atoms with E-state index in [4.69, 9.17) is 0 Å². The van der Waals surface area contributed by atoms with Crippen LogP contribution in [0.1, 0.15) is 57.2 Å². The van der Waals surface area contributed by atoms with Crippen molar-refractivity contribution < 1.29 is 22.4 Å². The molecule has 7 nitrogen and oxygen atoms in total. The first-order valence-corrected chi connectivity index (χ1v) is 14.8. The standard InChI is InChI=1S/C31H38FN3O4S/c1-21(2)26-11-15-28(16-12-26)35(40(38,39)29-17-7-23(5)8-18-29)20-30(36)34(24(6)31(37)33-22(3)4)19-25-9-13-27(32)14-10-25/h7-18,21-22,24H,19-20H2,1-6H3,(H,33,37)/t24-/m0/s1. The van der Waals surface area contributed by atoms with Crippen LogP contribution in [0.5, 0.6) is 0 Å². The second-order valence-corrected chi connectivity index (χ2v) is 12.4. The molecule has 0 fully saturated rings. The van der Waals surface area contributed by atoms with Gasteiger partial charge in [0.05, 0.1) is 10.6 Å². The molecule has 1 N–H and O–H groups in total. The Morgan fingerprint density at radius 3 is 1.95 bits per heavy atom. The van der Waals surface area contributed by atoms with E-state index in [0.29, 0.717) is 11.3 Å². The molecule has 40 heavy (non-hydrogen) atoms. The monoisotopic (exact) mass is 567 g/mol. The number of rotatable bonds is 11. The molecule has 2 amide bonds. The number of benzene rings is 3. The van der Waals surface area contributed by atoms with Crippen LogP contribution in [0, 0.1) is 12.7 Å². The maximum atomic E-state index is 13.9. The van der Waals surface area contributed by atoms with Crippen molar-refractivity contribution in [3.63, 3.8) is 0 Å². The summed E-state index contributed by atoms with van der Waals surface area (Å²) in [6, 6.07) is 18.1. The topological polar surface area (TPSA) is 86.8 Å². The lowest BCUT2D eigenvalue weighted by Crippen LogP contribution is -2.52. The number of aryl methyl sites for hydroxylation is 1. The average Bonchev–Trinajstić information content (AvgIpc) is 2.90. The van der Waals surface area contributed by atoms with Crippen molar-refractivity contribution in [2.24, 2.45) is 0 Å². The molecule has 0 spiro atoms. The summed E-state index contributed by atoms with van der Waals surface area (Å²) in [5.74, 6) is -1.13. The Morgan fingerprint density at radius 1 is 0.850 bits per heavy atom. The quantitative estimate of drug-likeness (QED) is 0.336. The van der Waals surface area contributed by atoms with Gasteiger partial charge in [-0.25, -0.2) is 12.8 Å². The third kappa shape index (κ3) is 7.69. The Morgan fingerprint density at radius 2 is 1.43 bits per heavy atom. The summed E-state index contributed by atoms with van der Waals surface area (Å²) < 4.78 is 42.4. The largest absolute Gasteiger partial charge is 0.352 e. The first-order chi connectivity index (χ1) is 18.8. The van der Waals surface area contributed by atoms with E-state index in [0.717, 1.165) is 15.4 Å². The van der Waals surface area contributed by atoms with Gasteiger partial charge in [0.25, 0.3) is 10.0 Å². The average molecular weight is 568 g/mol. The van der Waals surface area contributed by atoms with Crippen molar-refractivity contribution in [2.75, 3.05) is 10.8 Å². The van der Waals surface area contributed by atoms with E-state index >= 15 is 0 Å². The molecule has 214 valence electrons. The number of nitrogens with one attached hydrogen (secondary N) is 1. The summed E-state index contributed by atoms with van der Waals surface area (Å²) >= 11 is 0. The molecule has 0 aliphatic heterocycles.